The Morgan fingerprint density at radius 3 is 2.80 bits per heavy atom. The average molecular weight is 290 g/mol. The van der Waals surface area contributed by atoms with Crippen LogP contribution in [0, 0.1) is 12.8 Å². The lowest BCUT2D eigenvalue weighted by Crippen LogP contribution is -2.29. The van der Waals surface area contributed by atoms with Crippen molar-refractivity contribution < 1.29 is 8.42 Å². The predicted octanol–water partition coefficient (Wildman–Crippen LogP) is 2.57. The Balaban J connectivity index is 2.08. The van der Waals surface area contributed by atoms with Crippen molar-refractivity contribution in [1.29, 1.82) is 0 Å². The first-order valence-electron chi connectivity index (χ1n) is 6.80. The van der Waals surface area contributed by atoms with E-state index in [0.717, 1.165) is 23.8 Å². The zero-order chi connectivity index (χ0) is 14.3. The number of para-hydroxylation sites is 1. The summed E-state index contributed by atoms with van der Waals surface area (Å²) < 4.78 is 26.8. The zero-order valence-electron chi connectivity index (χ0n) is 11.7. The van der Waals surface area contributed by atoms with Gasteiger partial charge in [-0.25, -0.2) is 12.7 Å². The first-order valence-corrected chi connectivity index (χ1v) is 8.24. The summed E-state index contributed by atoms with van der Waals surface area (Å²) in [6, 6.07) is 7.28. The third kappa shape index (κ3) is 2.43. The van der Waals surface area contributed by atoms with Crippen LogP contribution in [0.15, 0.2) is 35.4 Å². The number of pyridine rings is 1. The quantitative estimate of drug-likeness (QED) is 0.869. The molecule has 0 atom stereocenters. The van der Waals surface area contributed by atoms with Crippen molar-refractivity contribution in [3.8, 4) is 0 Å². The monoisotopic (exact) mass is 290 g/mol. The number of aromatic nitrogens is 1. The van der Waals surface area contributed by atoms with Crippen molar-refractivity contribution >= 4 is 20.9 Å². The minimum absolute atomic E-state index is 0.304. The Hall–Kier alpha value is -1.46. The largest absolute Gasteiger partial charge is 0.255 e. The summed E-state index contributed by atoms with van der Waals surface area (Å²) in [6.45, 7) is 2.55. The van der Waals surface area contributed by atoms with Gasteiger partial charge in [0, 0.05) is 25.2 Å². The van der Waals surface area contributed by atoms with E-state index >= 15 is 0 Å². The molecule has 106 valence electrons. The van der Waals surface area contributed by atoms with E-state index in [0.29, 0.717) is 22.9 Å². The second kappa shape index (κ2) is 4.82. The van der Waals surface area contributed by atoms with Crippen molar-refractivity contribution in [3.63, 3.8) is 0 Å². The maximum absolute atomic E-state index is 12.7. The molecule has 0 amide bonds. The SMILES string of the molecule is Cc1cnc2c(S(=O)(=O)N(C)CC3CC3)cccc2c1. The molecule has 0 bridgehead atoms. The summed E-state index contributed by atoms with van der Waals surface area (Å²) in [5, 5.41) is 0.867. The van der Waals surface area contributed by atoms with E-state index in [2.05, 4.69) is 4.98 Å². The molecule has 0 aliphatic heterocycles. The minimum Gasteiger partial charge on any atom is -0.255 e. The lowest BCUT2D eigenvalue weighted by atomic mass is 10.2. The van der Waals surface area contributed by atoms with E-state index in [-0.39, 0.29) is 0 Å². The van der Waals surface area contributed by atoms with Gasteiger partial charge in [-0.2, -0.15) is 0 Å². The maximum Gasteiger partial charge on any atom is 0.244 e. The Morgan fingerprint density at radius 1 is 1.35 bits per heavy atom. The summed E-state index contributed by atoms with van der Waals surface area (Å²) in [5.41, 5.74) is 1.58. The van der Waals surface area contributed by atoms with Gasteiger partial charge in [0.25, 0.3) is 0 Å². The highest BCUT2D eigenvalue weighted by atomic mass is 32.2. The number of rotatable bonds is 4. The molecular weight excluding hydrogens is 272 g/mol. The molecule has 0 spiro atoms. The van der Waals surface area contributed by atoms with Crippen LogP contribution < -0.4 is 0 Å². The second-order valence-electron chi connectivity index (χ2n) is 5.57. The second-order valence-corrected chi connectivity index (χ2v) is 7.58. The molecule has 1 aromatic heterocycles. The number of sulfonamides is 1. The molecule has 1 heterocycles. The van der Waals surface area contributed by atoms with E-state index in [1.54, 1.807) is 25.4 Å². The highest BCUT2D eigenvalue weighted by Crippen LogP contribution is 2.32. The van der Waals surface area contributed by atoms with Gasteiger partial charge in [-0.15, -0.1) is 0 Å². The smallest absolute Gasteiger partial charge is 0.244 e. The lowest BCUT2D eigenvalue weighted by Gasteiger charge is -2.17. The fourth-order valence-corrected chi connectivity index (χ4v) is 3.79. The number of nitrogens with zero attached hydrogens (tertiary/aromatic N) is 2. The van der Waals surface area contributed by atoms with Gasteiger partial charge in [0.15, 0.2) is 0 Å². The normalized spacial score (nSPS) is 15.9. The Bertz CT molecular complexity index is 752. The number of hydrogen-bond acceptors (Lipinski definition) is 3. The highest BCUT2D eigenvalue weighted by molar-refractivity contribution is 7.89. The molecule has 1 aromatic carbocycles. The van der Waals surface area contributed by atoms with Crippen LogP contribution in [0.2, 0.25) is 0 Å². The molecule has 0 radical (unpaired) electrons. The van der Waals surface area contributed by atoms with E-state index in [4.69, 9.17) is 0 Å². The molecular formula is C15H18N2O2S. The van der Waals surface area contributed by atoms with Crippen LogP contribution in [0.5, 0.6) is 0 Å². The third-order valence-corrected chi connectivity index (χ3v) is 5.57. The summed E-state index contributed by atoms with van der Waals surface area (Å²) in [7, 11) is -1.81. The van der Waals surface area contributed by atoms with Crippen LogP contribution in [0.1, 0.15) is 18.4 Å². The first kappa shape index (κ1) is 13.5. The van der Waals surface area contributed by atoms with Crippen molar-refractivity contribution in [3.05, 3.63) is 36.0 Å². The van der Waals surface area contributed by atoms with Gasteiger partial charge < -0.3 is 0 Å². The summed E-state index contributed by atoms with van der Waals surface area (Å²) in [4.78, 5) is 4.62. The standard InChI is InChI=1S/C15H18N2O2S/c1-11-8-13-4-3-5-14(15(13)16-9-11)20(18,19)17(2)10-12-6-7-12/h3-5,8-9,12H,6-7,10H2,1-2H3. The average Bonchev–Trinajstić information content (AvgIpc) is 3.21. The van der Waals surface area contributed by atoms with Crippen LogP contribution in [-0.2, 0) is 10.0 Å². The summed E-state index contributed by atoms with van der Waals surface area (Å²) >= 11 is 0. The van der Waals surface area contributed by atoms with Gasteiger partial charge in [-0.05, 0) is 43.4 Å². The van der Waals surface area contributed by atoms with Gasteiger partial charge in [-0.3, -0.25) is 4.98 Å². The van der Waals surface area contributed by atoms with Gasteiger partial charge in [0.2, 0.25) is 10.0 Å². The van der Waals surface area contributed by atoms with Crippen LogP contribution in [-0.4, -0.2) is 31.3 Å². The number of aryl methyl sites for hydroxylation is 1. The molecule has 1 saturated carbocycles. The van der Waals surface area contributed by atoms with Gasteiger partial charge >= 0.3 is 0 Å². The molecule has 1 aliphatic rings. The van der Waals surface area contributed by atoms with E-state index in [1.165, 1.54) is 4.31 Å². The molecule has 5 heteroatoms. The third-order valence-electron chi connectivity index (χ3n) is 3.71. The summed E-state index contributed by atoms with van der Waals surface area (Å²) in [6.07, 6.45) is 3.97. The minimum atomic E-state index is -3.46. The molecule has 20 heavy (non-hydrogen) atoms. The molecule has 0 N–H and O–H groups in total. The van der Waals surface area contributed by atoms with Gasteiger partial charge in [-0.1, -0.05) is 12.1 Å². The predicted molar refractivity (Wildman–Crippen MR) is 79.0 cm³/mol. The van der Waals surface area contributed by atoms with Crippen LogP contribution in [0.25, 0.3) is 10.9 Å². The fourth-order valence-electron chi connectivity index (χ4n) is 2.38. The topological polar surface area (TPSA) is 50.3 Å². The van der Waals surface area contributed by atoms with Gasteiger partial charge in [0.1, 0.15) is 4.90 Å². The van der Waals surface area contributed by atoms with Crippen LogP contribution >= 0.6 is 0 Å². The Morgan fingerprint density at radius 2 is 2.10 bits per heavy atom. The van der Waals surface area contributed by atoms with Crippen molar-refractivity contribution in [2.45, 2.75) is 24.7 Å². The number of hydrogen-bond donors (Lipinski definition) is 0. The van der Waals surface area contributed by atoms with E-state index in [1.807, 2.05) is 19.1 Å². The molecule has 2 aromatic rings. The molecule has 4 nitrogen and oxygen atoms in total. The van der Waals surface area contributed by atoms with Crippen LogP contribution in [0.4, 0.5) is 0 Å². The van der Waals surface area contributed by atoms with Crippen molar-refractivity contribution in [2.75, 3.05) is 13.6 Å². The Labute approximate surface area is 119 Å². The van der Waals surface area contributed by atoms with Crippen LogP contribution in [0.3, 0.4) is 0 Å². The highest BCUT2D eigenvalue weighted by Gasteiger charge is 2.30. The zero-order valence-corrected chi connectivity index (χ0v) is 12.5. The number of fused-ring (bicyclic) bond motifs is 1. The van der Waals surface area contributed by atoms with Crippen molar-refractivity contribution in [1.82, 2.24) is 9.29 Å². The lowest BCUT2D eigenvalue weighted by molar-refractivity contribution is 0.453. The molecule has 1 fully saturated rings. The molecule has 0 unspecified atom stereocenters. The molecule has 1 aliphatic carbocycles. The molecule has 0 saturated heterocycles. The number of benzene rings is 1. The van der Waals surface area contributed by atoms with E-state index in [9.17, 15) is 8.42 Å². The fraction of sp³-hybridized carbons (Fsp3) is 0.400. The van der Waals surface area contributed by atoms with Gasteiger partial charge in [0.05, 0.1) is 5.52 Å². The molecule has 3 rings (SSSR count). The first-order chi connectivity index (χ1) is 9.48. The summed E-state index contributed by atoms with van der Waals surface area (Å²) in [5.74, 6) is 0.528. The van der Waals surface area contributed by atoms with Crippen molar-refractivity contribution in [2.24, 2.45) is 5.92 Å². The maximum atomic E-state index is 12.7. The van der Waals surface area contributed by atoms with E-state index < -0.39 is 10.0 Å². The Kier molecular flexibility index (Phi) is 3.26.